The van der Waals surface area contributed by atoms with E-state index >= 15 is 0 Å². The molecule has 0 aromatic rings. The second-order valence-corrected chi connectivity index (χ2v) is 39.8. The van der Waals surface area contributed by atoms with Crippen LogP contribution in [0.5, 0.6) is 0 Å². The van der Waals surface area contributed by atoms with E-state index in [1.165, 1.54) is 0 Å². The fraction of sp³-hybridized carbons (Fsp3) is 1.00. The SMILES string of the molecule is CC(C)(C)[Si](C)(C)[Si](=[Ge])[Si](C)(C)C(C)(C)C. The summed E-state index contributed by atoms with van der Waals surface area (Å²) in [7, 11) is -2.18. The first-order chi connectivity index (χ1) is 6.65. The molecule has 0 heterocycles. The van der Waals surface area contributed by atoms with Crippen molar-refractivity contribution in [3.63, 3.8) is 0 Å². The average molecular weight is 331 g/mol. The zero-order chi connectivity index (χ0) is 13.6. The minimum atomic E-state index is -1.09. The Morgan fingerprint density at radius 1 is 0.688 bits per heavy atom. The van der Waals surface area contributed by atoms with Crippen LogP contribution in [0.1, 0.15) is 41.5 Å². The Morgan fingerprint density at radius 2 is 0.875 bits per heavy atom. The molecule has 0 bridgehead atoms. The number of hydrogen-bond acceptors (Lipinski definition) is 0. The van der Waals surface area contributed by atoms with Gasteiger partial charge in [-0.1, -0.05) is 0 Å². The van der Waals surface area contributed by atoms with Crippen molar-refractivity contribution in [3.8, 4) is 0 Å². The molecule has 0 fully saturated rings. The summed E-state index contributed by atoms with van der Waals surface area (Å²) in [5, 5.41) is 1.12. The second-order valence-electron chi connectivity index (χ2n) is 8.12. The van der Waals surface area contributed by atoms with Crippen LogP contribution in [0.25, 0.3) is 0 Å². The first kappa shape index (κ1) is 17.2. The summed E-state index contributed by atoms with van der Waals surface area (Å²) in [6.45, 7) is 25.4. The maximum atomic E-state index is 2.65. The third-order valence-electron chi connectivity index (χ3n) is 5.00. The molecule has 0 unspecified atom stereocenters. The molecule has 0 N–H and O–H groups in total. The van der Waals surface area contributed by atoms with Gasteiger partial charge in [0.15, 0.2) is 0 Å². The van der Waals surface area contributed by atoms with Crippen LogP contribution in [0, 0.1) is 0 Å². The van der Waals surface area contributed by atoms with E-state index in [-0.39, 0.29) is 5.89 Å². The summed E-state index contributed by atoms with van der Waals surface area (Å²) >= 11 is 2.65. The van der Waals surface area contributed by atoms with Crippen LogP contribution in [0.15, 0.2) is 0 Å². The van der Waals surface area contributed by atoms with Crippen molar-refractivity contribution in [2.75, 3.05) is 0 Å². The zero-order valence-electron chi connectivity index (χ0n) is 13.0. The van der Waals surface area contributed by atoms with E-state index in [2.05, 4.69) is 83.1 Å². The van der Waals surface area contributed by atoms with Crippen LogP contribution in [0.4, 0.5) is 0 Å². The van der Waals surface area contributed by atoms with Gasteiger partial charge in [0.25, 0.3) is 0 Å². The summed E-state index contributed by atoms with van der Waals surface area (Å²) < 4.78 is 0. The third-order valence-corrected chi connectivity index (χ3v) is 61.9. The Hall–Kier alpha value is 1.19. The topological polar surface area (TPSA) is 0 Å². The van der Waals surface area contributed by atoms with E-state index in [1.54, 1.807) is 0 Å². The van der Waals surface area contributed by atoms with Crippen molar-refractivity contribution in [3.05, 3.63) is 0 Å². The molecular formula is C12H30GeSi3. The molecule has 0 aromatic heterocycles. The molecule has 16 heavy (non-hydrogen) atoms. The molecule has 0 aliphatic heterocycles. The van der Waals surface area contributed by atoms with Crippen molar-refractivity contribution in [2.24, 2.45) is 0 Å². The molecule has 0 aliphatic rings. The van der Waals surface area contributed by atoms with E-state index in [0.29, 0.717) is 10.1 Å². The molecule has 0 amide bonds. The van der Waals surface area contributed by atoms with E-state index in [1.807, 2.05) is 0 Å². The quantitative estimate of drug-likeness (QED) is 0.661. The summed E-state index contributed by atoms with van der Waals surface area (Å²) in [6.07, 6.45) is 0. The van der Waals surface area contributed by atoms with Crippen LogP contribution in [-0.4, -0.2) is 36.4 Å². The van der Waals surface area contributed by atoms with Gasteiger partial charge in [0, 0.05) is 0 Å². The molecule has 94 valence electrons. The van der Waals surface area contributed by atoms with Gasteiger partial charge in [0.05, 0.1) is 0 Å². The maximum absolute atomic E-state index is 2.65. The van der Waals surface area contributed by atoms with Gasteiger partial charge < -0.3 is 0 Å². The Balaban J connectivity index is 5.40. The monoisotopic (exact) mass is 332 g/mol. The third kappa shape index (κ3) is 3.15. The second kappa shape index (κ2) is 4.70. The first-order valence-electron chi connectivity index (χ1n) is 6.25. The molecular weight excluding hydrogens is 301 g/mol. The summed E-state index contributed by atoms with van der Waals surface area (Å²) in [6, 6.07) is 0. The van der Waals surface area contributed by atoms with Crippen LogP contribution in [0.2, 0.25) is 36.3 Å². The first-order valence-corrected chi connectivity index (χ1v) is 18.9. The molecule has 0 aromatic carbocycles. The van der Waals surface area contributed by atoms with Gasteiger partial charge in [-0.25, -0.2) is 0 Å². The van der Waals surface area contributed by atoms with Crippen molar-refractivity contribution >= 4 is 36.4 Å². The molecule has 0 spiro atoms. The summed E-state index contributed by atoms with van der Waals surface area (Å²) in [4.78, 5) is 0. The Kier molecular flexibility index (Phi) is 5.05. The summed E-state index contributed by atoms with van der Waals surface area (Å²) in [5.74, 6) is -0.179. The van der Waals surface area contributed by atoms with E-state index in [4.69, 9.17) is 0 Å². The van der Waals surface area contributed by atoms with Crippen LogP contribution < -0.4 is 0 Å². The molecule has 0 aliphatic carbocycles. The van der Waals surface area contributed by atoms with Crippen LogP contribution in [-0.2, 0) is 0 Å². The van der Waals surface area contributed by atoms with Gasteiger partial charge >= 0.3 is 114 Å². The van der Waals surface area contributed by atoms with Crippen LogP contribution in [0.3, 0.4) is 0 Å². The van der Waals surface area contributed by atoms with E-state index in [0.717, 1.165) is 0 Å². The molecule has 4 heteroatoms. The van der Waals surface area contributed by atoms with Crippen molar-refractivity contribution in [2.45, 2.75) is 77.8 Å². The molecule has 0 saturated heterocycles. The van der Waals surface area contributed by atoms with E-state index in [9.17, 15) is 0 Å². The normalized spacial score (nSPS) is 15.1. The van der Waals surface area contributed by atoms with Crippen molar-refractivity contribution < 1.29 is 0 Å². The molecule has 0 rings (SSSR count). The fourth-order valence-corrected chi connectivity index (χ4v) is 48.8. The van der Waals surface area contributed by atoms with Gasteiger partial charge in [-0.05, 0) is 0 Å². The Labute approximate surface area is 114 Å². The average Bonchev–Trinajstić information content (AvgIpc) is 1.98. The Bertz CT molecular complexity index is 252. The van der Waals surface area contributed by atoms with Crippen molar-refractivity contribution in [1.82, 2.24) is 0 Å². The summed E-state index contributed by atoms with van der Waals surface area (Å²) in [5.41, 5.74) is 0. The Morgan fingerprint density at radius 3 is 1.00 bits per heavy atom. The standard InChI is InChI=1S/C12H30GeSi3/c1-11(2,3)15(7,8)14(13)16(9,10)12(4,5)6/h1-10H3. The van der Waals surface area contributed by atoms with E-state index < -0.39 is 15.2 Å². The molecule has 0 saturated carbocycles. The number of hydrogen-bond donors (Lipinski definition) is 0. The predicted octanol–water partition coefficient (Wildman–Crippen LogP) is 4.32. The van der Waals surface area contributed by atoms with Crippen molar-refractivity contribution in [1.29, 1.82) is 0 Å². The van der Waals surface area contributed by atoms with Crippen LogP contribution >= 0.6 is 0 Å². The van der Waals surface area contributed by atoms with Gasteiger partial charge in [-0.15, -0.1) is 0 Å². The molecule has 0 nitrogen and oxygen atoms in total. The zero-order valence-corrected chi connectivity index (χ0v) is 18.1. The van der Waals surface area contributed by atoms with Gasteiger partial charge in [-0.3, -0.25) is 0 Å². The van der Waals surface area contributed by atoms with Gasteiger partial charge in [0.1, 0.15) is 0 Å². The molecule has 2 radical (unpaired) electrons. The molecule has 0 atom stereocenters. The number of rotatable bonds is 2. The predicted molar refractivity (Wildman–Crippen MR) is 85.9 cm³/mol. The van der Waals surface area contributed by atoms with Gasteiger partial charge in [-0.2, -0.15) is 0 Å². The fourth-order valence-electron chi connectivity index (χ4n) is 1.53. The minimum absolute atomic E-state index is 0.179. The van der Waals surface area contributed by atoms with Gasteiger partial charge in [0.2, 0.25) is 0 Å².